The summed E-state index contributed by atoms with van der Waals surface area (Å²) in [4.78, 5) is 1.23. The zero-order valence-electron chi connectivity index (χ0n) is 10.9. The van der Waals surface area contributed by atoms with Crippen LogP contribution in [0.25, 0.3) is 10.8 Å². The van der Waals surface area contributed by atoms with Gasteiger partial charge in [-0.15, -0.1) is 11.8 Å². The predicted molar refractivity (Wildman–Crippen MR) is 84.7 cm³/mol. The average Bonchev–Trinajstić information content (AvgIpc) is 2.53. The molecule has 0 radical (unpaired) electrons. The van der Waals surface area contributed by atoms with E-state index in [1.54, 1.807) is 0 Å². The number of hydrogen-bond acceptors (Lipinski definition) is 2. The van der Waals surface area contributed by atoms with Gasteiger partial charge in [0.05, 0.1) is 11.6 Å². The van der Waals surface area contributed by atoms with Gasteiger partial charge < -0.3 is 0 Å². The second-order valence-electron chi connectivity index (χ2n) is 4.54. The van der Waals surface area contributed by atoms with Crippen LogP contribution in [0, 0.1) is 11.3 Å². The monoisotopic (exact) mass is 275 g/mol. The summed E-state index contributed by atoms with van der Waals surface area (Å²) in [5.74, 6) is 0.941. The number of nitrogens with zero attached hydrogens (tertiary/aromatic N) is 1. The number of fused-ring (bicyclic) bond motifs is 1. The Morgan fingerprint density at radius 1 is 0.800 bits per heavy atom. The van der Waals surface area contributed by atoms with Gasteiger partial charge in [-0.25, -0.2) is 0 Å². The van der Waals surface area contributed by atoms with E-state index in [-0.39, 0.29) is 0 Å². The van der Waals surface area contributed by atoms with E-state index in [4.69, 9.17) is 0 Å². The van der Waals surface area contributed by atoms with E-state index in [0.29, 0.717) is 0 Å². The molecule has 0 amide bonds. The first-order valence-electron chi connectivity index (χ1n) is 6.47. The van der Waals surface area contributed by atoms with Gasteiger partial charge in [0.2, 0.25) is 0 Å². The molecular weight excluding hydrogens is 262 g/mol. The van der Waals surface area contributed by atoms with E-state index in [1.165, 1.54) is 10.5 Å². The fourth-order valence-electron chi connectivity index (χ4n) is 2.23. The fourth-order valence-corrected chi connectivity index (χ4v) is 3.24. The van der Waals surface area contributed by atoms with Crippen molar-refractivity contribution >= 4 is 22.5 Å². The minimum atomic E-state index is 0.740. The first kappa shape index (κ1) is 12.8. The van der Waals surface area contributed by atoms with Crippen LogP contribution >= 0.6 is 11.8 Å². The highest BCUT2D eigenvalue weighted by molar-refractivity contribution is 7.98. The SMILES string of the molecule is N#Cc1ccc(SCc2ccccc2)c2ccccc12. The maximum atomic E-state index is 9.18. The third-order valence-corrected chi connectivity index (χ3v) is 4.39. The van der Waals surface area contributed by atoms with Crippen LogP contribution in [0.2, 0.25) is 0 Å². The molecule has 0 atom stereocenters. The van der Waals surface area contributed by atoms with E-state index in [2.05, 4.69) is 42.5 Å². The summed E-state index contributed by atoms with van der Waals surface area (Å²) in [7, 11) is 0. The van der Waals surface area contributed by atoms with Gasteiger partial charge in [-0.05, 0) is 23.1 Å². The van der Waals surface area contributed by atoms with Crippen molar-refractivity contribution in [3.8, 4) is 6.07 Å². The molecule has 0 N–H and O–H groups in total. The molecule has 3 aromatic rings. The first-order chi connectivity index (χ1) is 9.88. The van der Waals surface area contributed by atoms with E-state index in [0.717, 1.165) is 22.1 Å². The van der Waals surface area contributed by atoms with Crippen molar-refractivity contribution in [2.24, 2.45) is 0 Å². The predicted octanol–water partition coefficient (Wildman–Crippen LogP) is 5.00. The molecule has 0 aliphatic rings. The quantitative estimate of drug-likeness (QED) is 0.628. The van der Waals surface area contributed by atoms with Gasteiger partial charge in [0.25, 0.3) is 0 Å². The standard InChI is InChI=1S/C18H13NS/c19-12-15-10-11-18(17-9-5-4-8-16(15)17)20-13-14-6-2-1-3-7-14/h1-11H,13H2. The Balaban J connectivity index is 1.95. The topological polar surface area (TPSA) is 23.8 Å². The zero-order valence-corrected chi connectivity index (χ0v) is 11.7. The molecular formula is C18H13NS. The molecule has 20 heavy (non-hydrogen) atoms. The number of thioether (sulfide) groups is 1. The van der Waals surface area contributed by atoms with Gasteiger partial charge in [0.15, 0.2) is 0 Å². The van der Waals surface area contributed by atoms with Crippen molar-refractivity contribution in [2.45, 2.75) is 10.6 Å². The Morgan fingerprint density at radius 2 is 1.50 bits per heavy atom. The Morgan fingerprint density at radius 3 is 2.25 bits per heavy atom. The molecule has 0 spiro atoms. The first-order valence-corrected chi connectivity index (χ1v) is 7.45. The normalized spacial score (nSPS) is 10.3. The summed E-state index contributed by atoms with van der Waals surface area (Å²) in [6.07, 6.45) is 0. The third kappa shape index (κ3) is 2.54. The molecule has 0 heterocycles. The molecule has 0 saturated heterocycles. The lowest BCUT2D eigenvalue weighted by atomic mass is 10.1. The minimum absolute atomic E-state index is 0.740. The number of rotatable bonds is 3. The van der Waals surface area contributed by atoms with Crippen LogP contribution in [-0.2, 0) is 5.75 Å². The average molecular weight is 275 g/mol. The van der Waals surface area contributed by atoms with Crippen LogP contribution in [0.15, 0.2) is 71.6 Å². The molecule has 0 aliphatic heterocycles. The van der Waals surface area contributed by atoms with Crippen molar-refractivity contribution < 1.29 is 0 Å². The molecule has 0 bridgehead atoms. The fraction of sp³-hybridized carbons (Fsp3) is 0.0556. The summed E-state index contributed by atoms with van der Waals surface area (Å²) >= 11 is 1.81. The van der Waals surface area contributed by atoms with E-state index < -0.39 is 0 Å². The molecule has 0 unspecified atom stereocenters. The summed E-state index contributed by atoms with van der Waals surface area (Å²) in [5.41, 5.74) is 2.05. The van der Waals surface area contributed by atoms with Crippen molar-refractivity contribution in [1.29, 1.82) is 5.26 Å². The van der Waals surface area contributed by atoms with Crippen molar-refractivity contribution in [1.82, 2.24) is 0 Å². The van der Waals surface area contributed by atoms with Gasteiger partial charge >= 0.3 is 0 Å². The van der Waals surface area contributed by atoms with Gasteiger partial charge in [-0.2, -0.15) is 5.26 Å². The lowest BCUT2D eigenvalue weighted by Gasteiger charge is -2.07. The van der Waals surface area contributed by atoms with Crippen LogP contribution in [0.3, 0.4) is 0 Å². The number of nitriles is 1. The Kier molecular flexibility index (Phi) is 3.71. The van der Waals surface area contributed by atoms with Gasteiger partial charge in [0.1, 0.15) is 0 Å². The highest BCUT2D eigenvalue weighted by Gasteiger charge is 2.05. The summed E-state index contributed by atoms with van der Waals surface area (Å²) in [6.45, 7) is 0. The van der Waals surface area contributed by atoms with Gasteiger partial charge in [0, 0.05) is 16.0 Å². The molecule has 0 aromatic heterocycles. The summed E-state index contributed by atoms with van der Waals surface area (Å²) < 4.78 is 0. The van der Waals surface area contributed by atoms with Gasteiger partial charge in [-0.3, -0.25) is 0 Å². The molecule has 3 rings (SSSR count). The van der Waals surface area contributed by atoms with Crippen LogP contribution in [0.4, 0.5) is 0 Å². The summed E-state index contributed by atoms with van der Waals surface area (Å²) in [6, 6.07) is 24.8. The van der Waals surface area contributed by atoms with E-state index in [9.17, 15) is 5.26 Å². The molecule has 96 valence electrons. The van der Waals surface area contributed by atoms with Crippen LogP contribution in [0.5, 0.6) is 0 Å². The van der Waals surface area contributed by atoms with Gasteiger partial charge in [-0.1, -0.05) is 54.6 Å². The molecule has 0 aliphatic carbocycles. The lowest BCUT2D eigenvalue weighted by Crippen LogP contribution is -1.84. The van der Waals surface area contributed by atoms with Crippen molar-refractivity contribution in [3.63, 3.8) is 0 Å². The van der Waals surface area contributed by atoms with Crippen molar-refractivity contribution in [3.05, 3.63) is 77.9 Å². The van der Waals surface area contributed by atoms with E-state index in [1.807, 2.05) is 42.1 Å². The maximum Gasteiger partial charge on any atom is 0.0998 e. The molecule has 1 nitrogen and oxygen atoms in total. The maximum absolute atomic E-state index is 9.18. The Bertz CT molecular complexity index is 772. The summed E-state index contributed by atoms with van der Waals surface area (Å²) in [5, 5.41) is 11.4. The minimum Gasteiger partial charge on any atom is -0.192 e. The molecule has 3 aromatic carbocycles. The highest BCUT2D eigenvalue weighted by atomic mass is 32.2. The Labute approximate surface area is 122 Å². The zero-order chi connectivity index (χ0) is 13.8. The van der Waals surface area contributed by atoms with Crippen LogP contribution in [0.1, 0.15) is 11.1 Å². The Hall–Kier alpha value is -2.24. The number of benzene rings is 3. The van der Waals surface area contributed by atoms with Crippen LogP contribution in [-0.4, -0.2) is 0 Å². The second kappa shape index (κ2) is 5.81. The third-order valence-electron chi connectivity index (χ3n) is 3.24. The molecule has 2 heteroatoms. The number of hydrogen-bond donors (Lipinski definition) is 0. The van der Waals surface area contributed by atoms with Crippen LogP contribution < -0.4 is 0 Å². The highest BCUT2D eigenvalue weighted by Crippen LogP contribution is 2.31. The lowest BCUT2D eigenvalue weighted by molar-refractivity contribution is 1.40. The second-order valence-corrected chi connectivity index (χ2v) is 5.56. The molecule has 0 saturated carbocycles. The van der Waals surface area contributed by atoms with E-state index >= 15 is 0 Å². The van der Waals surface area contributed by atoms with Crippen molar-refractivity contribution in [2.75, 3.05) is 0 Å². The smallest absolute Gasteiger partial charge is 0.0998 e. The largest absolute Gasteiger partial charge is 0.192 e. The molecule has 0 fully saturated rings.